The van der Waals surface area contributed by atoms with E-state index >= 15 is 0 Å². The molecule has 2 N–H and O–H groups in total. The van der Waals surface area contributed by atoms with Crippen LogP contribution in [0.2, 0.25) is 0 Å². The van der Waals surface area contributed by atoms with E-state index in [1.807, 2.05) is 32.0 Å². The standard InChI is InChI=1S/C20H31N3O4S/c1-13(2)22-20(28)23-11-15(16(12-23)19(24)21-9-10-25-3)14-7-6-8-17(26-4)18(14)27-5/h6-8,13,15-16H,9-12H2,1-5H3,(H,21,24)(H,22,28)/t15-,16+/m0/s1. The van der Waals surface area contributed by atoms with Crippen molar-refractivity contribution >= 4 is 23.2 Å². The lowest BCUT2D eigenvalue weighted by molar-refractivity contribution is -0.125. The van der Waals surface area contributed by atoms with Crippen molar-refractivity contribution in [1.82, 2.24) is 15.5 Å². The molecule has 1 fully saturated rings. The molecule has 0 spiro atoms. The van der Waals surface area contributed by atoms with Gasteiger partial charge in [0, 0.05) is 44.3 Å². The first-order valence-corrected chi connectivity index (χ1v) is 9.86. The van der Waals surface area contributed by atoms with Crippen LogP contribution in [0.15, 0.2) is 18.2 Å². The number of nitrogens with zero attached hydrogens (tertiary/aromatic N) is 1. The molecule has 1 aromatic carbocycles. The Morgan fingerprint density at radius 3 is 2.61 bits per heavy atom. The summed E-state index contributed by atoms with van der Waals surface area (Å²) in [5, 5.41) is 6.90. The topological polar surface area (TPSA) is 72.1 Å². The van der Waals surface area contributed by atoms with Crippen molar-refractivity contribution in [1.29, 1.82) is 0 Å². The van der Waals surface area contributed by atoms with Crippen LogP contribution in [0, 0.1) is 5.92 Å². The number of hydrogen-bond donors (Lipinski definition) is 2. The van der Waals surface area contributed by atoms with Crippen molar-refractivity contribution in [3.05, 3.63) is 23.8 Å². The van der Waals surface area contributed by atoms with Gasteiger partial charge in [0.05, 0.1) is 26.7 Å². The highest BCUT2D eigenvalue weighted by atomic mass is 32.1. The molecule has 1 aromatic rings. The third kappa shape index (κ3) is 5.26. The smallest absolute Gasteiger partial charge is 0.225 e. The van der Waals surface area contributed by atoms with Crippen LogP contribution in [0.4, 0.5) is 0 Å². The second kappa shape index (κ2) is 10.5. The van der Waals surface area contributed by atoms with Gasteiger partial charge in [-0.2, -0.15) is 0 Å². The van der Waals surface area contributed by atoms with E-state index in [-0.39, 0.29) is 23.8 Å². The molecule has 0 saturated carbocycles. The van der Waals surface area contributed by atoms with Crippen LogP contribution in [0.1, 0.15) is 25.3 Å². The fourth-order valence-corrected chi connectivity index (χ4v) is 3.88. The minimum Gasteiger partial charge on any atom is -0.493 e. The maximum atomic E-state index is 12.9. The molecule has 2 rings (SSSR count). The molecule has 1 aliphatic rings. The summed E-state index contributed by atoms with van der Waals surface area (Å²) >= 11 is 5.56. The summed E-state index contributed by atoms with van der Waals surface area (Å²) < 4.78 is 16.1. The van der Waals surface area contributed by atoms with Crippen LogP contribution in [-0.4, -0.2) is 69.5 Å². The Labute approximate surface area is 172 Å². The molecule has 0 aromatic heterocycles. The van der Waals surface area contributed by atoms with Crippen molar-refractivity contribution in [2.75, 3.05) is 47.6 Å². The van der Waals surface area contributed by atoms with Crippen LogP contribution >= 0.6 is 12.2 Å². The fourth-order valence-electron chi connectivity index (χ4n) is 3.50. The molecule has 8 heteroatoms. The van der Waals surface area contributed by atoms with E-state index in [0.717, 1.165) is 5.56 Å². The summed E-state index contributed by atoms with van der Waals surface area (Å²) in [7, 11) is 4.84. The summed E-state index contributed by atoms with van der Waals surface area (Å²) in [6.07, 6.45) is 0. The van der Waals surface area contributed by atoms with Gasteiger partial charge >= 0.3 is 0 Å². The number of ether oxygens (including phenoxy) is 3. The minimum absolute atomic E-state index is 0.0123. The van der Waals surface area contributed by atoms with Crippen LogP contribution in [0.3, 0.4) is 0 Å². The zero-order chi connectivity index (χ0) is 20.7. The van der Waals surface area contributed by atoms with Gasteiger partial charge in [0.25, 0.3) is 0 Å². The lowest BCUT2D eigenvalue weighted by Gasteiger charge is -2.23. The summed E-state index contributed by atoms with van der Waals surface area (Å²) in [6, 6.07) is 5.99. The highest BCUT2D eigenvalue weighted by Gasteiger charge is 2.41. The van der Waals surface area contributed by atoms with Gasteiger partial charge in [-0.05, 0) is 32.1 Å². The number of para-hydroxylation sites is 1. The average Bonchev–Trinajstić information content (AvgIpc) is 3.12. The van der Waals surface area contributed by atoms with E-state index in [2.05, 4.69) is 15.5 Å². The number of carbonyl (C=O) groups is 1. The second-order valence-corrected chi connectivity index (χ2v) is 7.48. The van der Waals surface area contributed by atoms with Crippen molar-refractivity contribution in [3.63, 3.8) is 0 Å². The molecular weight excluding hydrogens is 378 g/mol. The maximum absolute atomic E-state index is 12.9. The number of carbonyl (C=O) groups excluding carboxylic acids is 1. The SMILES string of the molecule is COCCNC(=O)[C@@H]1CN(C(=S)NC(C)C)C[C@H]1c1cccc(OC)c1OC. The Balaban J connectivity index is 2.31. The number of thiocarbonyl (C=S) groups is 1. The molecule has 2 atom stereocenters. The van der Waals surface area contributed by atoms with Gasteiger partial charge in [0.2, 0.25) is 5.91 Å². The van der Waals surface area contributed by atoms with Crippen molar-refractivity contribution < 1.29 is 19.0 Å². The summed E-state index contributed by atoms with van der Waals surface area (Å²) in [5.74, 6) is 0.972. The molecule has 28 heavy (non-hydrogen) atoms. The largest absolute Gasteiger partial charge is 0.493 e. The van der Waals surface area contributed by atoms with Gasteiger partial charge < -0.3 is 29.7 Å². The molecular formula is C20H31N3O4S. The maximum Gasteiger partial charge on any atom is 0.225 e. The van der Waals surface area contributed by atoms with E-state index < -0.39 is 0 Å². The Morgan fingerprint density at radius 2 is 2.00 bits per heavy atom. The summed E-state index contributed by atoms with van der Waals surface area (Å²) in [6.45, 7) is 6.21. The van der Waals surface area contributed by atoms with Gasteiger partial charge in [-0.3, -0.25) is 4.79 Å². The molecule has 1 heterocycles. The number of nitrogens with one attached hydrogen (secondary N) is 2. The van der Waals surface area contributed by atoms with Gasteiger partial charge in [-0.15, -0.1) is 0 Å². The Hall–Kier alpha value is -2.06. The normalized spacial score (nSPS) is 18.9. The van der Waals surface area contributed by atoms with Gasteiger partial charge in [0.1, 0.15) is 0 Å². The number of amides is 1. The zero-order valence-corrected chi connectivity index (χ0v) is 18.1. The molecule has 0 unspecified atom stereocenters. The predicted molar refractivity (Wildman–Crippen MR) is 113 cm³/mol. The molecule has 156 valence electrons. The van der Waals surface area contributed by atoms with Crippen LogP contribution in [-0.2, 0) is 9.53 Å². The molecule has 0 bridgehead atoms. The molecule has 0 aliphatic carbocycles. The Bertz CT molecular complexity index is 683. The Kier molecular flexibility index (Phi) is 8.32. The number of rotatable bonds is 8. The van der Waals surface area contributed by atoms with E-state index in [1.165, 1.54) is 0 Å². The van der Waals surface area contributed by atoms with E-state index in [0.29, 0.717) is 42.9 Å². The molecule has 1 aliphatic heterocycles. The molecule has 0 radical (unpaired) electrons. The first-order chi connectivity index (χ1) is 13.4. The lowest BCUT2D eigenvalue weighted by Crippen LogP contribution is -2.42. The zero-order valence-electron chi connectivity index (χ0n) is 17.3. The highest BCUT2D eigenvalue weighted by Crippen LogP contribution is 2.41. The minimum atomic E-state index is -0.259. The third-order valence-corrected chi connectivity index (χ3v) is 5.17. The lowest BCUT2D eigenvalue weighted by atomic mass is 9.87. The van der Waals surface area contributed by atoms with Crippen molar-refractivity contribution in [2.45, 2.75) is 25.8 Å². The van der Waals surface area contributed by atoms with Crippen LogP contribution in [0.25, 0.3) is 0 Å². The van der Waals surface area contributed by atoms with Gasteiger partial charge in [-0.1, -0.05) is 12.1 Å². The third-order valence-electron chi connectivity index (χ3n) is 4.79. The van der Waals surface area contributed by atoms with Crippen LogP contribution in [0.5, 0.6) is 11.5 Å². The molecule has 1 saturated heterocycles. The molecule has 7 nitrogen and oxygen atoms in total. The Morgan fingerprint density at radius 1 is 1.25 bits per heavy atom. The van der Waals surface area contributed by atoms with Gasteiger partial charge in [-0.25, -0.2) is 0 Å². The van der Waals surface area contributed by atoms with E-state index in [1.54, 1.807) is 21.3 Å². The second-order valence-electron chi connectivity index (χ2n) is 7.09. The quantitative estimate of drug-likeness (QED) is 0.501. The number of benzene rings is 1. The van der Waals surface area contributed by atoms with Crippen molar-refractivity contribution in [2.24, 2.45) is 5.92 Å². The van der Waals surface area contributed by atoms with E-state index in [9.17, 15) is 4.79 Å². The van der Waals surface area contributed by atoms with Gasteiger partial charge in [0.15, 0.2) is 16.6 Å². The first kappa shape index (κ1) is 22.2. The number of methoxy groups -OCH3 is 3. The van der Waals surface area contributed by atoms with E-state index in [4.69, 9.17) is 26.4 Å². The average molecular weight is 410 g/mol. The summed E-state index contributed by atoms with van der Waals surface area (Å²) in [5.41, 5.74) is 0.948. The highest BCUT2D eigenvalue weighted by molar-refractivity contribution is 7.80. The number of likely N-dealkylation sites (tertiary alicyclic amines) is 1. The first-order valence-electron chi connectivity index (χ1n) is 9.45. The summed E-state index contributed by atoms with van der Waals surface area (Å²) in [4.78, 5) is 15.0. The molecule has 1 amide bonds. The predicted octanol–water partition coefficient (Wildman–Crippen LogP) is 1.76. The van der Waals surface area contributed by atoms with Crippen molar-refractivity contribution in [3.8, 4) is 11.5 Å². The monoisotopic (exact) mass is 409 g/mol. The fraction of sp³-hybridized carbons (Fsp3) is 0.600. The number of hydrogen-bond acceptors (Lipinski definition) is 5. The van der Waals surface area contributed by atoms with Crippen LogP contribution < -0.4 is 20.1 Å².